The third-order valence-corrected chi connectivity index (χ3v) is 6.17. The minimum Gasteiger partial charge on any atom is -0.342 e. The second-order valence-electron chi connectivity index (χ2n) is 8.18. The number of hydrogen-bond donors (Lipinski definition) is 1. The quantitative estimate of drug-likeness (QED) is 0.779. The lowest BCUT2D eigenvalue weighted by Crippen LogP contribution is -2.44. The van der Waals surface area contributed by atoms with Crippen LogP contribution in [0.3, 0.4) is 0 Å². The van der Waals surface area contributed by atoms with Crippen LogP contribution in [0.1, 0.15) is 64.7 Å². The molecule has 1 N–H and O–H groups in total. The Labute approximate surface area is 162 Å². The van der Waals surface area contributed by atoms with Gasteiger partial charge in [-0.1, -0.05) is 45.1 Å². The van der Waals surface area contributed by atoms with Crippen molar-refractivity contribution in [3.63, 3.8) is 0 Å². The first-order chi connectivity index (χ1) is 13.2. The predicted octanol–water partition coefficient (Wildman–Crippen LogP) is 4.26. The van der Waals surface area contributed by atoms with E-state index in [9.17, 15) is 9.59 Å². The van der Waals surface area contributed by atoms with Crippen LogP contribution >= 0.6 is 0 Å². The molecule has 5 nitrogen and oxygen atoms in total. The van der Waals surface area contributed by atoms with Gasteiger partial charge in [-0.2, -0.15) is 0 Å². The highest BCUT2D eigenvalue weighted by Gasteiger charge is 2.32. The van der Waals surface area contributed by atoms with Crippen LogP contribution in [0.2, 0.25) is 0 Å². The maximum absolute atomic E-state index is 13.1. The zero-order chi connectivity index (χ0) is 19.1. The van der Waals surface area contributed by atoms with Gasteiger partial charge in [0, 0.05) is 31.1 Å². The maximum atomic E-state index is 13.1. The Morgan fingerprint density at radius 3 is 2.56 bits per heavy atom. The molecule has 0 aromatic carbocycles. The lowest BCUT2D eigenvalue weighted by atomic mass is 9.88. The standard InChI is InChI=1S/C22H33N3O2/c1-2-7-19(16-17-8-3-4-9-17)22(27)25-14-11-18(12-15-25)21(26)24-20-10-5-6-13-23-20/h5-6,10,13,17-19H,2-4,7-9,11-12,14-16H2,1H3,(H,23,24,26). The average Bonchev–Trinajstić information content (AvgIpc) is 3.21. The van der Waals surface area contributed by atoms with Crippen LogP contribution in [0.5, 0.6) is 0 Å². The summed E-state index contributed by atoms with van der Waals surface area (Å²) in [4.78, 5) is 31.7. The number of carbonyl (C=O) groups excluding carboxylic acids is 2. The van der Waals surface area contributed by atoms with Gasteiger partial charge in [0.15, 0.2) is 0 Å². The zero-order valence-electron chi connectivity index (χ0n) is 16.5. The molecule has 148 valence electrons. The Hall–Kier alpha value is -1.91. The summed E-state index contributed by atoms with van der Waals surface area (Å²) < 4.78 is 0. The summed E-state index contributed by atoms with van der Waals surface area (Å²) in [6, 6.07) is 5.50. The van der Waals surface area contributed by atoms with E-state index < -0.39 is 0 Å². The van der Waals surface area contributed by atoms with Crippen LogP contribution in [0, 0.1) is 17.8 Å². The average molecular weight is 372 g/mol. The highest BCUT2D eigenvalue weighted by Crippen LogP contribution is 2.33. The maximum Gasteiger partial charge on any atom is 0.228 e. The summed E-state index contributed by atoms with van der Waals surface area (Å²) >= 11 is 0. The van der Waals surface area contributed by atoms with E-state index in [4.69, 9.17) is 0 Å². The molecule has 2 fully saturated rings. The molecule has 1 aliphatic heterocycles. The number of amides is 2. The van der Waals surface area contributed by atoms with Gasteiger partial charge in [-0.3, -0.25) is 9.59 Å². The van der Waals surface area contributed by atoms with Gasteiger partial charge in [-0.05, 0) is 43.7 Å². The van der Waals surface area contributed by atoms with Crippen molar-refractivity contribution in [3.05, 3.63) is 24.4 Å². The van der Waals surface area contributed by atoms with E-state index in [0.717, 1.165) is 38.0 Å². The highest BCUT2D eigenvalue weighted by molar-refractivity contribution is 5.91. The van der Waals surface area contributed by atoms with Gasteiger partial charge in [-0.25, -0.2) is 4.98 Å². The number of carbonyl (C=O) groups is 2. The molecule has 1 aliphatic carbocycles. The van der Waals surface area contributed by atoms with Crippen molar-refractivity contribution in [1.82, 2.24) is 9.88 Å². The molecule has 1 atom stereocenters. The number of anilines is 1. The minimum absolute atomic E-state index is 0.0249. The van der Waals surface area contributed by atoms with E-state index in [2.05, 4.69) is 17.2 Å². The molecule has 0 spiro atoms. The fourth-order valence-electron chi connectivity index (χ4n) is 4.62. The van der Waals surface area contributed by atoms with Crippen molar-refractivity contribution in [2.45, 2.75) is 64.7 Å². The van der Waals surface area contributed by atoms with E-state index >= 15 is 0 Å². The molecule has 27 heavy (non-hydrogen) atoms. The van der Waals surface area contributed by atoms with E-state index in [1.54, 1.807) is 12.3 Å². The molecule has 2 aliphatic rings. The van der Waals surface area contributed by atoms with Crippen LogP contribution in [0.25, 0.3) is 0 Å². The second-order valence-corrected chi connectivity index (χ2v) is 8.18. The summed E-state index contributed by atoms with van der Waals surface area (Å²) in [6.07, 6.45) is 11.5. The first-order valence-electron chi connectivity index (χ1n) is 10.7. The van der Waals surface area contributed by atoms with Crippen LogP contribution in [0.15, 0.2) is 24.4 Å². The van der Waals surface area contributed by atoms with Crippen LogP contribution in [-0.2, 0) is 9.59 Å². The molecule has 0 bridgehead atoms. The highest BCUT2D eigenvalue weighted by atomic mass is 16.2. The normalized spacial score (nSPS) is 19.8. The van der Waals surface area contributed by atoms with Crippen molar-refractivity contribution >= 4 is 17.6 Å². The molecule has 1 aromatic rings. The molecule has 2 amide bonds. The Bertz CT molecular complexity index is 605. The van der Waals surface area contributed by atoms with E-state index in [1.807, 2.05) is 17.0 Å². The van der Waals surface area contributed by atoms with Crippen LogP contribution in [0.4, 0.5) is 5.82 Å². The van der Waals surface area contributed by atoms with Crippen LogP contribution in [-0.4, -0.2) is 34.8 Å². The molecule has 1 aromatic heterocycles. The number of aromatic nitrogens is 1. The van der Waals surface area contributed by atoms with Crippen molar-refractivity contribution < 1.29 is 9.59 Å². The second kappa shape index (κ2) is 9.86. The first-order valence-corrected chi connectivity index (χ1v) is 10.7. The number of nitrogens with one attached hydrogen (secondary N) is 1. The Kier molecular flexibility index (Phi) is 7.25. The summed E-state index contributed by atoms with van der Waals surface area (Å²) in [6.45, 7) is 3.57. The summed E-state index contributed by atoms with van der Waals surface area (Å²) in [5.41, 5.74) is 0. The summed E-state index contributed by atoms with van der Waals surface area (Å²) in [5, 5.41) is 2.89. The summed E-state index contributed by atoms with van der Waals surface area (Å²) in [7, 11) is 0. The minimum atomic E-state index is -0.0319. The van der Waals surface area contributed by atoms with Crippen molar-refractivity contribution in [1.29, 1.82) is 0 Å². The van der Waals surface area contributed by atoms with Crippen molar-refractivity contribution in [2.24, 2.45) is 17.8 Å². The van der Waals surface area contributed by atoms with Gasteiger partial charge in [0.1, 0.15) is 5.82 Å². The molecule has 1 saturated carbocycles. The number of rotatable bonds is 7. The molecule has 1 saturated heterocycles. The van der Waals surface area contributed by atoms with Gasteiger partial charge in [-0.15, -0.1) is 0 Å². The third kappa shape index (κ3) is 5.53. The fourth-order valence-corrected chi connectivity index (χ4v) is 4.62. The topological polar surface area (TPSA) is 62.3 Å². The molecule has 0 radical (unpaired) electrons. The smallest absolute Gasteiger partial charge is 0.228 e. The molecule has 1 unspecified atom stereocenters. The van der Waals surface area contributed by atoms with Gasteiger partial charge in [0.25, 0.3) is 0 Å². The third-order valence-electron chi connectivity index (χ3n) is 6.17. The Morgan fingerprint density at radius 2 is 1.93 bits per heavy atom. The van der Waals surface area contributed by atoms with Gasteiger partial charge in [0.05, 0.1) is 0 Å². The molecule has 5 heteroatoms. The number of hydrogen-bond acceptors (Lipinski definition) is 3. The lowest BCUT2D eigenvalue weighted by molar-refractivity contribution is -0.139. The van der Waals surface area contributed by atoms with Gasteiger partial charge < -0.3 is 10.2 Å². The van der Waals surface area contributed by atoms with Crippen LogP contribution < -0.4 is 5.32 Å². The Morgan fingerprint density at radius 1 is 1.19 bits per heavy atom. The molecular formula is C22H33N3O2. The number of piperidine rings is 1. The Balaban J connectivity index is 1.49. The molecule has 2 heterocycles. The predicted molar refractivity (Wildman–Crippen MR) is 107 cm³/mol. The SMILES string of the molecule is CCCC(CC1CCCC1)C(=O)N1CCC(C(=O)Nc2ccccn2)CC1. The molecule has 3 rings (SSSR count). The first kappa shape index (κ1) is 19.8. The van der Waals surface area contributed by atoms with Gasteiger partial charge in [0.2, 0.25) is 11.8 Å². The summed E-state index contributed by atoms with van der Waals surface area (Å²) in [5.74, 6) is 1.84. The van der Waals surface area contributed by atoms with Crippen molar-refractivity contribution in [3.8, 4) is 0 Å². The van der Waals surface area contributed by atoms with E-state index in [1.165, 1.54) is 25.7 Å². The van der Waals surface area contributed by atoms with E-state index in [-0.39, 0.29) is 17.7 Å². The van der Waals surface area contributed by atoms with E-state index in [0.29, 0.717) is 24.8 Å². The fraction of sp³-hybridized carbons (Fsp3) is 0.682. The lowest BCUT2D eigenvalue weighted by Gasteiger charge is -2.34. The molecular weight excluding hydrogens is 338 g/mol. The zero-order valence-corrected chi connectivity index (χ0v) is 16.5. The van der Waals surface area contributed by atoms with Crippen molar-refractivity contribution in [2.75, 3.05) is 18.4 Å². The monoisotopic (exact) mass is 371 g/mol. The number of likely N-dealkylation sites (tertiary alicyclic amines) is 1. The van der Waals surface area contributed by atoms with Gasteiger partial charge >= 0.3 is 0 Å². The number of pyridine rings is 1. The number of nitrogens with zero attached hydrogens (tertiary/aromatic N) is 2. The largest absolute Gasteiger partial charge is 0.342 e.